The zero-order valence-corrected chi connectivity index (χ0v) is 21.2. The summed E-state index contributed by atoms with van der Waals surface area (Å²) in [7, 11) is 0. The Hall–Kier alpha value is -2.86. The number of carbonyl (C=O) groups excluding carboxylic acids is 2. The van der Waals surface area contributed by atoms with E-state index in [0.29, 0.717) is 12.3 Å². The molecule has 1 N–H and O–H groups in total. The lowest BCUT2D eigenvalue weighted by atomic mass is 10.1. The van der Waals surface area contributed by atoms with Crippen LogP contribution < -0.4 is 10.1 Å². The van der Waals surface area contributed by atoms with Crippen LogP contribution in [0.5, 0.6) is 5.75 Å². The number of nitrogens with one attached hydrogen (secondary N) is 1. The molecule has 0 aliphatic heterocycles. The Labute approximate surface area is 204 Å². The van der Waals surface area contributed by atoms with Gasteiger partial charge in [0.1, 0.15) is 11.8 Å². The first-order chi connectivity index (χ1) is 15.8. The second-order valence-corrected chi connectivity index (χ2v) is 9.18. The Morgan fingerprint density at radius 2 is 1.73 bits per heavy atom. The van der Waals surface area contributed by atoms with Crippen molar-refractivity contribution in [3.8, 4) is 5.75 Å². The summed E-state index contributed by atoms with van der Waals surface area (Å²) in [5.41, 5.74) is 2.10. The molecule has 2 atom stereocenters. The fraction of sp³-hybridized carbons (Fsp3) is 0.333. The van der Waals surface area contributed by atoms with Gasteiger partial charge in [0, 0.05) is 12.6 Å². The number of rotatable bonds is 9. The number of ether oxygens (including phenoxy) is 1. The van der Waals surface area contributed by atoms with Crippen molar-refractivity contribution < 1.29 is 14.3 Å². The summed E-state index contributed by atoms with van der Waals surface area (Å²) in [6.45, 7) is 7.91. The molecule has 174 valence electrons. The topological polar surface area (TPSA) is 58.6 Å². The van der Waals surface area contributed by atoms with Crippen molar-refractivity contribution in [3.63, 3.8) is 0 Å². The van der Waals surface area contributed by atoms with Gasteiger partial charge >= 0.3 is 0 Å². The minimum absolute atomic E-state index is 0.0427. The third-order valence-electron chi connectivity index (χ3n) is 5.82. The molecule has 3 rings (SSSR count). The van der Waals surface area contributed by atoms with Crippen LogP contribution in [-0.4, -0.2) is 35.4 Å². The third-order valence-corrected chi connectivity index (χ3v) is 6.64. The fourth-order valence-electron chi connectivity index (χ4n) is 3.49. The number of fused-ring (bicyclic) bond motifs is 1. The average molecular weight is 511 g/mol. The van der Waals surface area contributed by atoms with E-state index in [-0.39, 0.29) is 24.5 Å². The van der Waals surface area contributed by atoms with Crippen LogP contribution in [0.4, 0.5) is 0 Å². The standard InChI is InChI=1S/C27H31BrN2O3/c1-5-19(3)29-27(32)20(4)30(16-21-12-10-18(2)11-13-21)25(31)17-33-24-15-14-22-8-6-7-9-23(22)26(24)28/h6-15,19-20H,5,16-17H2,1-4H3,(H,29,32)/t19-,20+/m1/s1. The van der Waals surface area contributed by atoms with Gasteiger partial charge in [0.05, 0.1) is 4.47 Å². The lowest BCUT2D eigenvalue weighted by Gasteiger charge is -2.29. The number of hydrogen-bond acceptors (Lipinski definition) is 3. The molecule has 2 amide bonds. The van der Waals surface area contributed by atoms with Gasteiger partial charge < -0.3 is 15.0 Å². The molecule has 6 heteroatoms. The highest BCUT2D eigenvalue weighted by molar-refractivity contribution is 9.10. The zero-order chi connectivity index (χ0) is 24.0. The highest BCUT2D eigenvalue weighted by Gasteiger charge is 2.27. The van der Waals surface area contributed by atoms with Gasteiger partial charge in [-0.2, -0.15) is 0 Å². The number of nitrogens with zero attached hydrogens (tertiary/aromatic N) is 1. The van der Waals surface area contributed by atoms with Crippen LogP contribution in [0.15, 0.2) is 65.1 Å². The Balaban J connectivity index is 1.78. The lowest BCUT2D eigenvalue weighted by molar-refractivity contribution is -0.142. The van der Waals surface area contributed by atoms with Crippen LogP contribution in [0, 0.1) is 6.92 Å². The number of amides is 2. The molecule has 0 unspecified atom stereocenters. The molecule has 0 aromatic heterocycles. The largest absolute Gasteiger partial charge is 0.483 e. The van der Waals surface area contributed by atoms with E-state index in [9.17, 15) is 9.59 Å². The van der Waals surface area contributed by atoms with Gasteiger partial charge in [0.2, 0.25) is 5.91 Å². The van der Waals surface area contributed by atoms with E-state index in [2.05, 4.69) is 21.2 Å². The number of halogens is 1. The predicted octanol–water partition coefficient (Wildman–Crippen LogP) is 5.62. The molecule has 0 saturated heterocycles. The average Bonchev–Trinajstić information content (AvgIpc) is 2.82. The number of carbonyl (C=O) groups is 2. The molecule has 5 nitrogen and oxygen atoms in total. The van der Waals surface area contributed by atoms with Crippen LogP contribution in [0.2, 0.25) is 0 Å². The third kappa shape index (κ3) is 6.35. The van der Waals surface area contributed by atoms with Crippen molar-refractivity contribution in [3.05, 3.63) is 76.3 Å². The van der Waals surface area contributed by atoms with Crippen LogP contribution in [-0.2, 0) is 16.1 Å². The van der Waals surface area contributed by atoms with Gasteiger partial charge in [-0.1, -0.05) is 67.1 Å². The molecule has 3 aromatic rings. The first-order valence-electron chi connectivity index (χ1n) is 11.3. The van der Waals surface area contributed by atoms with Crippen LogP contribution in [0.1, 0.15) is 38.3 Å². The van der Waals surface area contributed by atoms with E-state index in [0.717, 1.165) is 32.8 Å². The summed E-state index contributed by atoms with van der Waals surface area (Å²) >= 11 is 3.60. The predicted molar refractivity (Wildman–Crippen MR) is 136 cm³/mol. The van der Waals surface area contributed by atoms with E-state index in [1.165, 1.54) is 0 Å². The van der Waals surface area contributed by atoms with Crippen molar-refractivity contribution in [2.24, 2.45) is 0 Å². The second-order valence-electron chi connectivity index (χ2n) is 8.39. The lowest BCUT2D eigenvalue weighted by Crippen LogP contribution is -2.50. The summed E-state index contributed by atoms with van der Waals surface area (Å²) in [4.78, 5) is 27.7. The van der Waals surface area contributed by atoms with Gasteiger partial charge in [0.15, 0.2) is 6.61 Å². The zero-order valence-electron chi connectivity index (χ0n) is 19.6. The maximum Gasteiger partial charge on any atom is 0.261 e. The summed E-state index contributed by atoms with van der Waals surface area (Å²) in [5.74, 6) is 0.174. The van der Waals surface area contributed by atoms with Gasteiger partial charge in [-0.25, -0.2) is 0 Å². The molecule has 0 aliphatic carbocycles. The number of aryl methyl sites for hydroxylation is 1. The van der Waals surface area contributed by atoms with Crippen molar-refractivity contribution in [2.75, 3.05) is 6.61 Å². The Morgan fingerprint density at radius 1 is 1.03 bits per heavy atom. The maximum absolute atomic E-state index is 13.3. The van der Waals surface area contributed by atoms with Gasteiger partial charge in [-0.15, -0.1) is 0 Å². The highest BCUT2D eigenvalue weighted by Crippen LogP contribution is 2.33. The van der Waals surface area contributed by atoms with E-state index < -0.39 is 6.04 Å². The van der Waals surface area contributed by atoms with Gasteiger partial charge in [-0.05, 0) is 65.5 Å². The van der Waals surface area contributed by atoms with Crippen LogP contribution in [0.25, 0.3) is 10.8 Å². The smallest absolute Gasteiger partial charge is 0.261 e. The fourth-order valence-corrected chi connectivity index (χ4v) is 4.09. The molecule has 0 heterocycles. The van der Waals surface area contributed by atoms with Gasteiger partial charge in [0.25, 0.3) is 5.91 Å². The van der Waals surface area contributed by atoms with Crippen molar-refractivity contribution in [1.82, 2.24) is 10.2 Å². The molecule has 33 heavy (non-hydrogen) atoms. The Morgan fingerprint density at radius 3 is 2.42 bits per heavy atom. The molecule has 0 fully saturated rings. The molecular weight excluding hydrogens is 480 g/mol. The van der Waals surface area contributed by atoms with E-state index >= 15 is 0 Å². The van der Waals surface area contributed by atoms with Crippen molar-refractivity contribution in [1.29, 1.82) is 0 Å². The quantitative estimate of drug-likeness (QED) is 0.406. The molecule has 0 radical (unpaired) electrons. The molecule has 0 aliphatic rings. The molecule has 0 bridgehead atoms. The minimum Gasteiger partial charge on any atom is -0.483 e. The maximum atomic E-state index is 13.3. The van der Waals surface area contributed by atoms with Crippen molar-refractivity contribution in [2.45, 2.75) is 52.7 Å². The molecule has 3 aromatic carbocycles. The van der Waals surface area contributed by atoms with Crippen LogP contribution in [0.3, 0.4) is 0 Å². The van der Waals surface area contributed by atoms with Crippen LogP contribution >= 0.6 is 15.9 Å². The second kappa shape index (κ2) is 11.3. The van der Waals surface area contributed by atoms with Gasteiger partial charge in [-0.3, -0.25) is 9.59 Å². The Bertz CT molecular complexity index is 1110. The minimum atomic E-state index is -0.628. The summed E-state index contributed by atoms with van der Waals surface area (Å²) in [6, 6.07) is 19.2. The molecule has 0 spiro atoms. The monoisotopic (exact) mass is 510 g/mol. The first-order valence-corrected chi connectivity index (χ1v) is 12.0. The highest BCUT2D eigenvalue weighted by atomic mass is 79.9. The molecule has 0 saturated carbocycles. The summed E-state index contributed by atoms with van der Waals surface area (Å²) in [6.07, 6.45) is 0.823. The van der Waals surface area contributed by atoms with Crippen molar-refractivity contribution >= 4 is 38.5 Å². The SMILES string of the molecule is CC[C@@H](C)NC(=O)[C@H](C)N(Cc1ccc(C)cc1)C(=O)COc1ccc2ccccc2c1Br. The van der Waals surface area contributed by atoms with E-state index in [1.807, 2.05) is 81.4 Å². The summed E-state index contributed by atoms with van der Waals surface area (Å²) < 4.78 is 6.71. The Kier molecular flexibility index (Phi) is 8.50. The number of hydrogen-bond donors (Lipinski definition) is 1. The summed E-state index contributed by atoms with van der Waals surface area (Å²) in [5, 5.41) is 5.08. The molecular formula is C27H31BrN2O3. The number of benzene rings is 3. The first kappa shape index (κ1) is 24.8. The van der Waals surface area contributed by atoms with E-state index in [1.54, 1.807) is 11.8 Å². The normalized spacial score (nSPS) is 12.8. The van der Waals surface area contributed by atoms with E-state index in [4.69, 9.17) is 4.74 Å².